The lowest BCUT2D eigenvalue weighted by Crippen LogP contribution is -2.10. The predicted octanol–water partition coefficient (Wildman–Crippen LogP) is 5.69. The van der Waals surface area contributed by atoms with E-state index in [1.165, 1.54) is 0 Å². The number of esters is 1. The molecule has 0 saturated carbocycles. The van der Waals surface area contributed by atoms with Gasteiger partial charge in [-0.05, 0) is 37.3 Å². The molecule has 30 heavy (non-hydrogen) atoms. The van der Waals surface area contributed by atoms with Crippen molar-refractivity contribution in [3.05, 3.63) is 66.1 Å². The van der Waals surface area contributed by atoms with Crippen LogP contribution in [-0.4, -0.2) is 27.3 Å². The van der Waals surface area contributed by atoms with E-state index in [1.54, 1.807) is 24.9 Å². The van der Waals surface area contributed by atoms with Gasteiger partial charge in [-0.3, -0.25) is 4.98 Å². The van der Waals surface area contributed by atoms with Gasteiger partial charge in [0.2, 0.25) is 0 Å². The number of carbonyl (C=O) groups excluding carboxylic acids is 1. The van der Waals surface area contributed by atoms with E-state index in [2.05, 4.69) is 37.3 Å². The number of H-pyrrole nitrogens is 1. The quantitative estimate of drug-likeness (QED) is 0.286. The lowest BCUT2D eigenvalue weighted by atomic mass is 10.1. The number of fused-ring (bicyclic) bond motifs is 1. The van der Waals surface area contributed by atoms with Gasteiger partial charge in [0.25, 0.3) is 0 Å². The standard InChI is InChI=1S/C24H28N2O3S/c1-6-28-23(27)16(2)13-21-22(30-24(3,4)5)19-14-18(10-11-20(19)26-21)29-15-17-9-7-8-12-25-17/h7-12,14,26H,2,6,13,15H2,1,3-5H3. The molecule has 0 atom stereocenters. The molecule has 0 aliphatic carbocycles. The van der Waals surface area contributed by atoms with Gasteiger partial charge in [-0.25, -0.2) is 4.79 Å². The first kappa shape index (κ1) is 22.0. The third-order valence-corrected chi connectivity index (χ3v) is 5.55. The second-order valence-electron chi connectivity index (χ2n) is 7.97. The normalized spacial score (nSPS) is 11.5. The van der Waals surface area contributed by atoms with Gasteiger partial charge in [-0.1, -0.05) is 33.4 Å². The number of aromatic nitrogens is 2. The molecule has 0 saturated heterocycles. The molecule has 2 heterocycles. The number of benzene rings is 1. The number of nitrogens with zero attached hydrogens (tertiary/aromatic N) is 1. The first-order valence-corrected chi connectivity index (χ1v) is 10.8. The Labute approximate surface area is 181 Å². The highest BCUT2D eigenvalue weighted by Gasteiger charge is 2.22. The first-order chi connectivity index (χ1) is 14.3. The zero-order chi connectivity index (χ0) is 21.7. The van der Waals surface area contributed by atoms with Crippen molar-refractivity contribution in [2.24, 2.45) is 0 Å². The molecule has 3 aromatic rings. The summed E-state index contributed by atoms with van der Waals surface area (Å²) in [4.78, 5) is 20.9. The van der Waals surface area contributed by atoms with Gasteiger partial charge in [0.15, 0.2) is 0 Å². The molecule has 2 aromatic heterocycles. The maximum atomic E-state index is 12.1. The van der Waals surface area contributed by atoms with Gasteiger partial charge >= 0.3 is 5.97 Å². The third kappa shape index (κ3) is 5.66. The fourth-order valence-corrected chi connectivity index (χ4v) is 4.14. The highest BCUT2D eigenvalue weighted by Crippen LogP contribution is 2.41. The van der Waals surface area contributed by atoms with Crippen molar-refractivity contribution in [1.29, 1.82) is 0 Å². The molecule has 6 heteroatoms. The summed E-state index contributed by atoms with van der Waals surface area (Å²) in [5.41, 5.74) is 3.27. The molecule has 1 aromatic carbocycles. The molecule has 0 amide bonds. The predicted molar refractivity (Wildman–Crippen MR) is 122 cm³/mol. The van der Waals surface area contributed by atoms with Crippen LogP contribution in [0.5, 0.6) is 5.75 Å². The molecule has 0 bridgehead atoms. The van der Waals surface area contributed by atoms with Crippen molar-refractivity contribution in [1.82, 2.24) is 9.97 Å². The van der Waals surface area contributed by atoms with E-state index < -0.39 is 0 Å². The van der Waals surface area contributed by atoms with Gasteiger partial charge < -0.3 is 14.5 Å². The molecule has 158 valence electrons. The minimum Gasteiger partial charge on any atom is -0.487 e. The lowest BCUT2D eigenvalue weighted by Gasteiger charge is -2.18. The molecule has 0 radical (unpaired) electrons. The zero-order valence-electron chi connectivity index (χ0n) is 18.0. The average Bonchev–Trinajstić information content (AvgIpc) is 3.02. The van der Waals surface area contributed by atoms with E-state index in [0.29, 0.717) is 25.2 Å². The monoisotopic (exact) mass is 424 g/mol. The number of hydrogen-bond acceptors (Lipinski definition) is 5. The molecular weight excluding hydrogens is 396 g/mol. The topological polar surface area (TPSA) is 64.2 Å². The van der Waals surface area contributed by atoms with E-state index in [9.17, 15) is 4.79 Å². The first-order valence-electron chi connectivity index (χ1n) is 9.98. The third-order valence-electron chi connectivity index (χ3n) is 4.27. The molecule has 0 aliphatic rings. The van der Waals surface area contributed by atoms with Gasteiger partial charge in [0.1, 0.15) is 12.4 Å². The Morgan fingerprint density at radius 2 is 2.03 bits per heavy atom. The lowest BCUT2D eigenvalue weighted by molar-refractivity contribution is -0.138. The van der Waals surface area contributed by atoms with Crippen LogP contribution >= 0.6 is 11.8 Å². The van der Waals surface area contributed by atoms with Crippen LogP contribution in [0.25, 0.3) is 10.9 Å². The van der Waals surface area contributed by atoms with E-state index in [-0.39, 0.29) is 10.7 Å². The number of rotatable bonds is 8. The summed E-state index contributed by atoms with van der Waals surface area (Å²) in [5.74, 6) is 0.418. The molecule has 0 aliphatic heterocycles. The van der Waals surface area contributed by atoms with E-state index in [4.69, 9.17) is 9.47 Å². The van der Waals surface area contributed by atoms with E-state index in [1.807, 2.05) is 36.4 Å². The highest BCUT2D eigenvalue weighted by molar-refractivity contribution is 8.00. The van der Waals surface area contributed by atoms with Crippen LogP contribution in [0.3, 0.4) is 0 Å². The van der Waals surface area contributed by atoms with Gasteiger partial charge in [0, 0.05) is 44.4 Å². The van der Waals surface area contributed by atoms with Crippen molar-refractivity contribution in [2.45, 2.75) is 50.4 Å². The van der Waals surface area contributed by atoms with E-state index >= 15 is 0 Å². The number of hydrogen-bond donors (Lipinski definition) is 1. The van der Waals surface area contributed by atoms with Crippen LogP contribution in [-0.2, 0) is 22.6 Å². The van der Waals surface area contributed by atoms with Gasteiger partial charge in [0.05, 0.1) is 12.3 Å². The number of thioether (sulfide) groups is 1. The Kier molecular flexibility index (Phi) is 6.87. The summed E-state index contributed by atoms with van der Waals surface area (Å²) in [6.07, 6.45) is 2.17. The summed E-state index contributed by atoms with van der Waals surface area (Å²) in [5, 5.41) is 1.07. The second kappa shape index (κ2) is 9.39. The fraction of sp³-hybridized carbons (Fsp3) is 0.333. The van der Waals surface area contributed by atoms with Crippen LogP contribution < -0.4 is 4.74 Å². The summed E-state index contributed by atoms with van der Waals surface area (Å²) >= 11 is 1.76. The fourth-order valence-electron chi connectivity index (χ4n) is 3.00. The summed E-state index contributed by atoms with van der Waals surface area (Å²) in [6.45, 7) is 13.0. The summed E-state index contributed by atoms with van der Waals surface area (Å²) in [7, 11) is 0. The van der Waals surface area contributed by atoms with Crippen LogP contribution in [0.1, 0.15) is 39.1 Å². The maximum Gasteiger partial charge on any atom is 0.333 e. The van der Waals surface area contributed by atoms with Crippen molar-refractivity contribution < 1.29 is 14.3 Å². The Bertz CT molecular complexity index is 1040. The van der Waals surface area contributed by atoms with Crippen LogP contribution in [0.15, 0.2) is 59.6 Å². The number of pyridine rings is 1. The summed E-state index contributed by atoms with van der Waals surface area (Å²) < 4.78 is 11.1. The van der Waals surface area contributed by atoms with Gasteiger partial charge in [-0.15, -0.1) is 11.8 Å². The van der Waals surface area contributed by atoms with Crippen LogP contribution in [0.2, 0.25) is 0 Å². The summed E-state index contributed by atoms with van der Waals surface area (Å²) in [6, 6.07) is 11.8. The molecule has 0 unspecified atom stereocenters. The number of ether oxygens (including phenoxy) is 2. The molecule has 5 nitrogen and oxygen atoms in total. The molecule has 0 spiro atoms. The number of aromatic amines is 1. The minimum atomic E-state index is -0.359. The van der Waals surface area contributed by atoms with Crippen LogP contribution in [0, 0.1) is 0 Å². The molecule has 1 N–H and O–H groups in total. The van der Waals surface area contributed by atoms with Crippen LogP contribution in [0.4, 0.5) is 0 Å². The SMILES string of the molecule is C=C(Cc1[nH]c2ccc(OCc3ccccn3)cc2c1SC(C)(C)C)C(=O)OCC. The van der Waals surface area contributed by atoms with E-state index in [0.717, 1.165) is 32.9 Å². The van der Waals surface area contributed by atoms with Crippen molar-refractivity contribution in [3.63, 3.8) is 0 Å². The largest absolute Gasteiger partial charge is 0.487 e. The maximum absolute atomic E-state index is 12.1. The Balaban J connectivity index is 1.91. The second-order valence-corrected chi connectivity index (χ2v) is 9.80. The smallest absolute Gasteiger partial charge is 0.333 e. The molecular formula is C24H28N2O3S. The minimum absolute atomic E-state index is 0.0000450. The van der Waals surface area contributed by atoms with Crippen molar-refractivity contribution in [3.8, 4) is 5.75 Å². The Morgan fingerprint density at radius 1 is 1.23 bits per heavy atom. The van der Waals surface area contributed by atoms with Gasteiger partial charge in [-0.2, -0.15) is 0 Å². The van der Waals surface area contributed by atoms with Crippen molar-refractivity contribution >= 4 is 28.6 Å². The number of carbonyl (C=O) groups is 1. The number of nitrogens with one attached hydrogen (secondary N) is 1. The average molecular weight is 425 g/mol. The Morgan fingerprint density at radius 3 is 2.70 bits per heavy atom. The highest BCUT2D eigenvalue weighted by atomic mass is 32.2. The molecule has 3 rings (SSSR count). The molecule has 0 fully saturated rings. The zero-order valence-corrected chi connectivity index (χ0v) is 18.8. The Hall–Kier alpha value is -2.73. The van der Waals surface area contributed by atoms with Crippen molar-refractivity contribution in [2.75, 3.05) is 6.61 Å².